The van der Waals surface area contributed by atoms with Crippen molar-refractivity contribution in [1.29, 1.82) is 0 Å². The molecule has 2 rings (SSSR count). The van der Waals surface area contributed by atoms with Gasteiger partial charge in [0.25, 0.3) is 0 Å². The summed E-state index contributed by atoms with van der Waals surface area (Å²) in [6, 6.07) is 5.05. The van der Waals surface area contributed by atoms with Crippen molar-refractivity contribution in [1.82, 2.24) is 0 Å². The van der Waals surface area contributed by atoms with Crippen LogP contribution in [0.15, 0.2) is 18.2 Å². The van der Waals surface area contributed by atoms with Crippen LogP contribution in [0.3, 0.4) is 0 Å². The molecule has 1 aromatic carbocycles. The van der Waals surface area contributed by atoms with Gasteiger partial charge in [0.2, 0.25) is 0 Å². The van der Waals surface area contributed by atoms with Crippen molar-refractivity contribution in [2.24, 2.45) is 0 Å². The van der Waals surface area contributed by atoms with E-state index in [-0.39, 0.29) is 17.1 Å². The third-order valence-electron chi connectivity index (χ3n) is 3.76. The zero-order chi connectivity index (χ0) is 14.0. The molecule has 1 aliphatic rings. The van der Waals surface area contributed by atoms with Gasteiger partial charge in [0.15, 0.2) is 0 Å². The van der Waals surface area contributed by atoms with Gasteiger partial charge < -0.3 is 5.32 Å². The van der Waals surface area contributed by atoms with E-state index in [0.29, 0.717) is 12.0 Å². The van der Waals surface area contributed by atoms with Crippen molar-refractivity contribution >= 4 is 15.5 Å². The molecule has 1 aliphatic carbocycles. The molecule has 1 saturated carbocycles. The highest BCUT2D eigenvalue weighted by Gasteiger charge is 2.28. The third kappa shape index (κ3) is 3.69. The molecule has 2 atom stereocenters. The second kappa shape index (κ2) is 5.49. The molecule has 0 aromatic heterocycles. The van der Waals surface area contributed by atoms with Crippen LogP contribution < -0.4 is 5.32 Å². The second-order valence-electron chi connectivity index (χ2n) is 5.42. The smallest absolute Gasteiger partial charge is 0.150 e. The van der Waals surface area contributed by atoms with E-state index in [1.165, 1.54) is 12.3 Å². The van der Waals surface area contributed by atoms with E-state index >= 15 is 0 Å². The molecule has 0 heterocycles. The number of hydrogen-bond donors (Lipinski definition) is 1. The Bertz CT molecular complexity index is 557. The van der Waals surface area contributed by atoms with Crippen LogP contribution in [0.1, 0.15) is 31.2 Å². The van der Waals surface area contributed by atoms with E-state index in [1.54, 1.807) is 19.1 Å². The van der Waals surface area contributed by atoms with Crippen molar-refractivity contribution in [2.75, 3.05) is 11.6 Å². The number of rotatable bonds is 3. The van der Waals surface area contributed by atoms with Crippen molar-refractivity contribution < 1.29 is 12.8 Å². The van der Waals surface area contributed by atoms with Crippen LogP contribution in [0.4, 0.5) is 10.1 Å². The third-order valence-corrected chi connectivity index (χ3v) is 5.40. The van der Waals surface area contributed by atoms with E-state index in [9.17, 15) is 12.8 Å². The number of halogens is 1. The number of hydrogen-bond acceptors (Lipinski definition) is 3. The van der Waals surface area contributed by atoms with Crippen LogP contribution in [0, 0.1) is 12.7 Å². The fraction of sp³-hybridized carbons (Fsp3) is 0.571. The predicted octanol–water partition coefficient (Wildman–Crippen LogP) is 2.90. The SMILES string of the molecule is Cc1cc(NC2CCCC(S(C)(=O)=O)C2)ccc1F. The van der Waals surface area contributed by atoms with Crippen LogP contribution in [0.2, 0.25) is 0 Å². The Balaban J connectivity index is 2.04. The summed E-state index contributed by atoms with van der Waals surface area (Å²) >= 11 is 0. The summed E-state index contributed by atoms with van der Waals surface area (Å²) in [5.41, 5.74) is 1.46. The summed E-state index contributed by atoms with van der Waals surface area (Å²) < 4.78 is 36.4. The molecule has 0 amide bonds. The van der Waals surface area contributed by atoms with Gasteiger partial charge in [-0.05, 0) is 49.9 Å². The van der Waals surface area contributed by atoms with Crippen LogP contribution in [0.25, 0.3) is 0 Å². The molecule has 0 bridgehead atoms. The lowest BCUT2D eigenvalue weighted by Gasteiger charge is -2.29. The van der Waals surface area contributed by atoms with Gasteiger partial charge in [0.1, 0.15) is 15.7 Å². The Labute approximate surface area is 114 Å². The van der Waals surface area contributed by atoms with E-state index in [2.05, 4.69) is 5.32 Å². The van der Waals surface area contributed by atoms with Crippen molar-refractivity contribution in [3.05, 3.63) is 29.6 Å². The van der Waals surface area contributed by atoms with Gasteiger partial charge in [0.05, 0.1) is 5.25 Å². The summed E-state index contributed by atoms with van der Waals surface area (Å²) in [6.07, 6.45) is 4.56. The second-order valence-corrected chi connectivity index (χ2v) is 7.75. The van der Waals surface area contributed by atoms with Crippen molar-refractivity contribution in [2.45, 2.75) is 43.9 Å². The first-order chi connectivity index (χ1) is 8.86. The average molecular weight is 285 g/mol. The first-order valence-electron chi connectivity index (χ1n) is 6.58. The number of anilines is 1. The monoisotopic (exact) mass is 285 g/mol. The van der Waals surface area contributed by atoms with E-state index in [1.807, 2.05) is 0 Å². The average Bonchev–Trinajstić information content (AvgIpc) is 2.33. The van der Waals surface area contributed by atoms with Gasteiger partial charge in [0, 0.05) is 18.0 Å². The van der Waals surface area contributed by atoms with Crippen molar-refractivity contribution in [3.63, 3.8) is 0 Å². The van der Waals surface area contributed by atoms with E-state index in [0.717, 1.165) is 24.9 Å². The van der Waals surface area contributed by atoms with Gasteiger partial charge >= 0.3 is 0 Å². The lowest BCUT2D eigenvalue weighted by Crippen LogP contribution is -2.34. The van der Waals surface area contributed by atoms with Crippen LogP contribution in [-0.4, -0.2) is 26.0 Å². The quantitative estimate of drug-likeness (QED) is 0.929. The molecular formula is C14H20FNO2S. The molecule has 1 fully saturated rings. The highest BCUT2D eigenvalue weighted by Crippen LogP contribution is 2.26. The molecule has 0 radical (unpaired) electrons. The Hall–Kier alpha value is -1.10. The van der Waals surface area contributed by atoms with E-state index < -0.39 is 9.84 Å². The van der Waals surface area contributed by atoms with Crippen molar-refractivity contribution in [3.8, 4) is 0 Å². The number of benzene rings is 1. The minimum absolute atomic E-state index is 0.151. The summed E-state index contributed by atoms with van der Waals surface area (Å²) in [7, 11) is -2.97. The molecule has 1 N–H and O–H groups in total. The van der Waals surface area contributed by atoms with Crippen LogP contribution in [0.5, 0.6) is 0 Å². The van der Waals surface area contributed by atoms with E-state index in [4.69, 9.17) is 0 Å². The summed E-state index contributed by atoms with van der Waals surface area (Å²) in [6.45, 7) is 1.72. The fourth-order valence-electron chi connectivity index (χ4n) is 2.64. The first-order valence-corrected chi connectivity index (χ1v) is 8.53. The largest absolute Gasteiger partial charge is 0.382 e. The zero-order valence-corrected chi connectivity index (χ0v) is 12.1. The lowest BCUT2D eigenvalue weighted by atomic mass is 9.94. The maximum absolute atomic E-state index is 13.2. The molecule has 0 aliphatic heterocycles. The molecule has 0 spiro atoms. The Morgan fingerprint density at radius 1 is 1.32 bits per heavy atom. The van der Waals surface area contributed by atoms with Crippen LogP contribution in [-0.2, 0) is 9.84 Å². The maximum Gasteiger partial charge on any atom is 0.150 e. The topological polar surface area (TPSA) is 46.2 Å². The lowest BCUT2D eigenvalue weighted by molar-refractivity contribution is 0.453. The van der Waals surface area contributed by atoms with Gasteiger partial charge in [-0.15, -0.1) is 0 Å². The minimum atomic E-state index is -2.97. The number of nitrogens with one attached hydrogen (secondary N) is 1. The summed E-state index contributed by atoms with van der Waals surface area (Å²) in [5.74, 6) is -0.219. The molecule has 1 aromatic rings. The summed E-state index contributed by atoms with van der Waals surface area (Å²) in [5, 5.41) is 3.07. The van der Waals surface area contributed by atoms with Gasteiger partial charge in [-0.25, -0.2) is 12.8 Å². The molecule has 2 unspecified atom stereocenters. The molecule has 19 heavy (non-hydrogen) atoms. The normalized spacial score (nSPS) is 24.2. The number of sulfone groups is 1. The molecule has 3 nitrogen and oxygen atoms in total. The molecule has 106 valence electrons. The predicted molar refractivity (Wildman–Crippen MR) is 75.6 cm³/mol. The maximum atomic E-state index is 13.2. The molecule has 5 heteroatoms. The van der Waals surface area contributed by atoms with Gasteiger partial charge in [-0.3, -0.25) is 0 Å². The minimum Gasteiger partial charge on any atom is -0.382 e. The standard InChI is InChI=1S/C14H20FNO2S/c1-10-8-12(6-7-14(10)15)16-11-4-3-5-13(9-11)19(2,17)18/h6-8,11,13,16H,3-5,9H2,1-2H3. The Morgan fingerprint density at radius 3 is 2.68 bits per heavy atom. The Kier molecular flexibility index (Phi) is 4.13. The zero-order valence-electron chi connectivity index (χ0n) is 11.3. The number of aryl methyl sites for hydroxylation is 1. The Morgan fingerprint density at radius 2 is 2.05 bits per heavy atom. The van der Waals surface area contributed by atoms with Gasteiger partial charge in [-0.1, -0.05) is 6.42 Å². The highest BCUT2D eigenvalue weighted by atomic mass is 32.2. The fourth-order valence-corrected chi connectivity index (χ4v) is 3.81. The highest BCUT2D eigenvalue weighted by molar-refractivity contribution is 7.91. The summed E-state index contributed by atoms with van der Waals surface area (Å²) in [4.78, 5) is 0. The molecule has 0 saturated heterocycles. The van der Waals surface area contributed by atoms with Crippen LogP contribution >= 0.6 is 0 Å². The molecular weight excluding hydrogens is 265 g/mol. The first kappa shape index (κ1) is 14.3. The van der Waals surface area contributed by atoms with Gasteiger partial charge in [-0.2, -0.15) is 0 Å².